The minimum atomic E-state index is -0.691. The normalized spacial score (nSPS) is 21.6. The van der Waals surface area contributed by atoms with Crippen LogP contribution in [0.15, 0.2) is 48.5 Å². The van der Waals surface area contributed by atoms with Crippen molar-refractivity contribution in [2.24, 2.45) is 0 Å². The Morgan fingerprint density at radius 3 is 2.45 bits per heavy atom. The zero-order valence-corrected chi connectivity index (χ0v) is 16.3. The Morgan fingerprint density at radius 2 is 1.76 bits per heavy atom. The lowest BCUT2D eigenvalue weighted by Crippen LogP contribution is -2.70. The summed E-state index contributed by atoms with van der Waals surface area (Å²) in [5.41, 5.74) is 1.34. The molecule has 2 aliphatic rings. The van der Waals surface area contributed by atoms with E-state index in [1.54, 1.807) is 58.3 Å². The third kappa shape index (κ3) is 3.91. The van der Waals surface area contributed by atoms with E-state index < -0.39 is 12.1 Å². The van der Waals surface area contributed by atoms with E-state index in [0.717, 1.165) is 5.56 Å². The Labute approximate surface area is 172 Å². The zero-order valence-electron chi connectivity index (χ0n) is 15.5. The molecule has 2 N–H and O–H groups in total. The first-order valence-electron chi connectivity index (χ1n) is 9.36. The van der Waals surface area contributed by atoms with Crippen molar-refractivity contribution in [1.82, 2.24) is 15.1 Å². The summed E-state index contributed by atoms with van der Waals surface area (Å²) in [5, 5.41) is 12.7. The Morgan fingerprint density at radius 1 is 1.07 bits per heavy atom. The summed E-state index contributed by atoms with van der Waals surface area (Å²) in [6.07, 6.45) is 0.349. The van der Waals surface area contributed by atoms with Crippen LogP contribution in [0.3, 0.4) is 0 Å². The SMILES string of the molecule is O=C1N[C@H](Cc2ccc(O)cc2)C(=O)N2CCN(C(=O)c3ccc(Cl)cc3)C[C@H]12. The fraction of sp³-hybridized carbons (Fsp3) is 0.286. The molecule has 0 aliphatic carbocycles. The van der Waals surface area contributed by atoms with Crippen LogP contribution in [0.25, 0.3) is 0 Å². The lowest BCUT2D eigenvalue weighted by atomic mass is 9.98. The second-order valence-electron chi connectivity index (χ2n) is 7.24. The highest BCUT2D eigenvalue weighted by molar-refractivity contribution is 6.30. The number of halogens is 1. The monoisotopic (exact) mass is 413 g/mol. The van der Waals surface area contributed by atoms with E-state index in [-0.39, 0.29) is 30.0 Å². The van der Waals surface area contributed by atoms with Crippen LogP contribution in [0.2, 0.25) is 5.02 Å². The topological polar surface area (TPSA) is 89.9 Å². The van der Waals surface area contributed by atoms with Gasteiger partial charge in [0.1, 0.15) is 17.8 Å². The first-order chi connectivity index (χ1) is 13.9. The quantitative estimate of drug-likeness (QED) is 0.796. The largest absolute Gasteiger partial charge is 0.508 e. The fourth-order valence-corrected chi connectivity index (χ4v) is 3.89. The van der Waals surface area contributed by atoms with Gasteiger partial charge in [0.15, 0.2) is 0 Å². The lowest BCUT2D eigenvalue weighted by molar-refractivity contribution is -0.152. The van der Waals surface area contributed by atoms with Gasteiger partial charge in [-0.05, 0) is 42.0 Å². The van der Waals surface area contributed by atoms with Crippen LogP contribution in [-0.4, -0.2) is 64.3 Å². The van der Waals surface area contributed by atoms with Crippen LogP contribution in [0.1, 0.15) is 15.9 Å². The van der Waals surface area contributed by atoms with Crippen molar-refractivity contribution < 1.29 is 19.5 Å². The average molecular weight is 414 g/mol. The number of amides is 3. The summed E-state index contributed by atoms with van der Waals surface area (Å²) in [6, 6.07) is 11.8. The van der Waals surface area contributed by atoms with E-state index in [2.05, 4.69) is 5.32 Å². The molecule has 2 aromatic carbocycles. The van der Waals surface area contributed by atoms with Gasteiger partial charge in [-0.25, -0.2) is 0 Å². The molecule has 2 saturated heterocycles. The van der Waals surface area contributed by atoms with E-state index >= 15 is 0 Å². The molecule has 0 saturated carbocycles. The summed E-state index contributed by atoms with van der Waals surface area (Å²) in [5.74, 6) is -0.453. The maximum Gasteiger partial charge on any atom is 0.254 e. The van der Waals surface area contributed by atoms with Crippen LogP contribution in [-0.2, 0) is 16.0 Å². The van der Waals surface area contributed by atoms with Crippen LogP contribution >= 0.6 is 11.6 Å². The fourth-order valence-electron chi connectivity index (χ4n) is 3.77. The maximum atomic E-state index is 12.9. The van der Waals surface area contributed by atoms with Crippen molar-refractivity contribution in [3.63, 3.8) is 0 Å². The van der Waals surface area contributed by atoms with E-state index in [4.69, 9.17) is 11.6 Å². The minimum Gasteiger partial charge on any atom is -0.508 e. The molecule has 0 spiro atoms. The Kier molecular flexibility index (Phi) is 5.15. The van der Waals surface area contributed by atoms with Crippen molar-refractivity contribution in [3.05, 3.63) is 64.7 Å². The van der Waals surface area contributed by atoms with Gasteiger partial charge >= 0.3 is 0 Å². The smallest absolute Gasteiger partial charge is 0.254 e. The summed E-state index contributed by atoms with van der Waals surface area (Å²) < 4.78 is 0. The molecule has 3 amide bonds. The van der Waals surface area contributed by atoms with Crippen LogP contribution in [0, 0.1) is 0 Å². The molecule has 0 bridgehead atoms. The van der Waals surface area contributed by atoms with E-state index in [1.165, 1.54) is 0 Å². The van der Waals surface area contributed by atoms with Gasteiger partial charge < -0.3 is 20.2 Å². The maximum absolute atomic E-state index is 12.9. The summed E-state index contributed by atoms with van der Waals surface area (Å²) >= 11 is 5.87. The number of carbonyl (C=O) groups excluding carboxylic acids is 3. The number of benzene rings is 2. The third-order valence-corrected chi connectivity index (χ3v) is 5.59. The second kappa shape index (κ2) is 7.75. The third-order valence-electron chi connectivity index (χ3n) is 5.34. The van der Waals surface area contributed by atoms with Gasteiger partial charge in [-0.3, -0.25) is 14.4 Å². The van der Waals surface area contributed by atoms with Gasteiger partial charge in [0.2, 0.25) is 11.8 Å². The standard InChI is InChI=1S/C21H20ClN3O4/c22-15-5-3-14(4-6-15)20(28)24-9-10-25-18(12-24)19(27)23-17(21(25)29)11-13-1-7-16(26)8-2-13/h1-8,17-18,26H,9-12H2,(H,23,27)/t17-,18-/m1/s1. The van der Waals surface area contributed by atoms with Crippen molar-refractivity contribution in [1.29, 1.82) is 0 Å². The first-order valence-corrected chi connectivity index (χ1v) is 9.74. The molecule has 2 aromatic rings. The van der Waals surface area contributed by atoms with Crippen molar-refractivity contribution >= 4 is 29.3 Å². The first kappa shape index (κ1) is 19.3. The number of hydrogen-bond acceptors (Lipinski definition) is 4. The van der Waals surface area contributed by atoms with Crippen molar-refractivity contribution in [2.45, 2.75) is 18.5 Å². The zero-order chi connectivity index (χ0) is 20.5. The van der Waals surface area contributed by atoms with Gasteiger partial charge in [0.25, 0.3) is 5.91 Å². The summed E-state index contributed by atoms with van der Waals surface area (Å²) in [4.78, 5) is 41.5. The van der Waals surface area contributed by atoms with E-state index in [9.17, 15) is 19.5 Å². The van der Waals surface area contributed by atoms with Crippen molar-refractivity contribution in [3.8, 4) is 5.75 Å². The van der Waals surface area contributed by atoms with Gasteiger partial charge in [0.05, 0.1) is 6.54 Å². The molecule has 0 aromatic heterocycles. The number of phenolic OH excluding ortho intramolecular Hbond substituents is 1. The number of hydrogen-bond donors (Lipinski definition) is 2. The number of rotatable bonds is 3. The average Bonchev–Trinajstić information content (AvgIpc) is 2.73. The van der Waals surface area contributed by atoms with E-state index in [1.807, 2.05) is 0 Å². The van der Waals surface area contributed by atoms with E-state index in [0.29, 0.717) is 30.1 Å². The van der Waals surface area contributed by atoms with Crippen LogP contribution in [0.5, 0.6) is 5.75 Å². The van der Waals surface area contributed by atoms with Gasteiger partial charge in [-0.2, -0.15) is 0 Å². The Bertz CT molecular complexity index is 945. The predicted molar refractivity (Wildman–Crippen MR) is 107 cm³/mol. The van der Waals surface area contributed by atoms with Crippen LogP contribution in [0.4, 0.5) is 0 Å². The van der Waals surface area contributed by atoms with Gasteiger partial charge in [-0.1, -0.05) is 23.7 Å². The number of piperazine rings is 2. The highest BCUT2D eigenvalue weighted by atomic mass is 35.5. The molecule has 29 heavy (non-hydrogen) atoms. The molecular weight excluding hydrogens is 394 g/mol. The predicted octanol–water partition coefficient (Wildman–Crippen LogP) is 1.44. The molecule has 8 heteroatoms. The number of carbonyl (C=O) groups is 3. The molecule has 0 unspecified atom stereocenters. The highest BCUT2D eigenvalue weighted by Crippen LogP contribution is 2.21. The molecule has 4 rings (SSSR count). The number of phenols is 1. The second-order valence-corrected chi connectivity index (χ2v) is 7.67. The molecular formula is C21H20ClN3O4. The Balaban J connectivity index is 1.45. The molecule has 2 atom stereocenters. The molecule has 7 nitrogen and oxygen atoms in total. The summed E-state index contributed by atoms with van der Waals surface area (Å²) in [6.45, 7) is 0.830. The molecule has 150 valence electrons. The van der Waals surface area contributed by atoms with Gasteiger partial charge in [-0.15, -0.1) is 0 Å². The van der Waals surface area contributed by atoms with Crippen LogP contribution < -0.4 is 5.32 Å². The lowest BCUT2D eigenvalue weighted by Gasteiger charge is -2.45. The molecule has 2 aliphatic heterocycles. The number of nitrogens with one attached hydrogen (secondary N) is 1. The molecule has 2 heterocycles. The number of nitrogens with zero attached hydrogens (tertiary/aromatic N) is 2. The molecule has 2 fully saturated rings. The molecule has 0 radical (unpaired) electrons. The summed E-state index contributed by atoms with van der Waals surface area (Å²) in [7, 11) is 0. The Hall–Kier alpha value is -3.06. The highest BCUT2D eigenvalue weighted by Gasteiger charge is 2.44. The minimum absolute atomic E-state index is 0.147. The van der Waals surface area contributed by atoms with Gasteiger partial charge in [0, 0.05) is 30.1 Å². The van der Waals surface area contributed by atoms with Crippen molar-refractivity contribution in [2.75, 3.05) is 19.6 Å². The number of aromatic hydroxyl groups is 1. The number of fused-ring (bicyclic) bond motifs is 1.